The van der Waals surface area contributed by atoms with Gasteiger partial charge in [-0.1, -0.05) is 19.0 Å². The van der Waals surface area contributed by atoms with Gasteiger partial charge in [0, 0.05) is 5.92 Å². The van der Waals surface area contributed by atoms with E-state index < -0.39 is 30.2 Å². The Morgan fingerprint density at radius 2 is 1.67 bits per heavy atom. The lowest BCUT2D eigenvalue weighted by Crippen LogP contribution is -2.23. The number of furan rings is 1. The molecule has 0 atom stereocenters. The summed E-state index contributed by atoms with van der Waals surface area (Å²) < 4.78 is 20.5. The van der Waals surface area contributed by atoms with E-state index in [0.29, 0.717) is 11.5 Å². The van der Waals surface area contributed by atoms with Crippen molar-refractivity contribution in [1.82, 2.24) is 5.16 Å². The molecule has 1 N–H and O–H groups in total. The topological polar surface area (TPSA) is 138 Å². The second-order valence-electron chi connectivity index (χ2n) is 6.80. The van der Waals surface area contributed by atoms with Crippen molar-refractivity contribution in [2.24, 2.45) is 0 Å². The van der Waals surface area contributed by atoms with Crippen LogP contribution in [0.3, 0.4) is 0 Å². The summed E-state index contributed by atoms with van der Waals surface area (Å²) in [4.78, 5) is 48.8. The van der Waals surface area contributed by atoms with Crippen molar-refractivity contribution in [2.75, 3.05) is 18.5 Å². The number of carbonyl (C=O) groups excluding carboxylic acids is 4. The number of Topliss-reactive ketones (excluding diaryl/α,β-unsaturated/α-hetero) is 1. The predicted octanol–water partition coefficient (Wildman–Crippen LogP) is 3.18. The van der Waals surface area contributed by atoms with Crippen LogP contribution in [-0.4, -0.2) is 42.0 Å². The molecule has 162 valence electrons. The molecule has 0 aliphatic heterocycles. The van der Waals surface area contributed by atoms with Crippen LogP contribution in [0.5, 0.6) is 0 Å². The van der Waals surface area contributed by atoms with Gasteiger partial charge in [0.1, 0.15) is 16.9 Å². The number of esters is 2. The summed E-state index contributed by atoms with van der Waals surface area (Å²) in [5.41, 5.74) is 0.347. The van der Waals surface area contributed by atoms with Crippen LogP contribution in [0.25, 0.3) is 0 Å². The van der Waals surface area contributed by atoms with Crippen molar-refractivity contribution in [3.8, 4) is 0 Å². The molecule has 0 saturated carbocycles. The predicted molar refractivity (Wildman–Crippen MR) is 104 cm³/mol. The average molecular weight is 420 g/mol. The molecule has 2 rings (SSSR count). The highest BCUT2D eigenvalue weighted by Crippen LogP contribution is 2.28. The Bertz CT molecular complexity index is 983. The van der Waals surface area contributed by atoms with Crippen LogP contribution in [0.2, 0.25) is 0 Å². The number of rotatable bonds is 8. The van der Waals surface area contributed by atoms with Gasteiger partial charge >= 0.3 is 11.9 Å². The maximum Gasteiger partial charge on any atom is 0.344 e. The van der Waals surface area contributed by atoms with Gasteiger partial charge in [0.25, 0.3) is 5.91 Å². The fraction of sp³-hybridized carbons (Fsp3) is 0.450. The number of nitrogens with zero attached hydrogens (tertiary/aromatic N) is 1. The summed E-state index contributed by atoms with van der Waals surface area (Å²) in [5.74, 6) is -2.61. The second-order valence-corrected chi connectivity index (χ2v) is 6.80. The Morgan fingerprint density at radius 3 is 2.23 bits per heavy atom. The molecule has 0 aliphatic carbocycles. The number of aryl methyl sites for hydroxylation is 2. The molecule has 0 fully saturated rings. The van der Waals surface area contributed by atoms with Gasteiger partial charge in [0.05, 0.1) is 17.9 Å². The number of hydrogen-bond donors (Lipinski definition) is 1. The van der Waals surface area contributed by atoms with Crippen LogP contribution in [0.1, 0.15) is 81.9 Å². The van der Waals surface area contributed by atoms with Gasteiger partial charge in [-0.05, 0) is 27.7 Å². The summed E-state index contributed by atoms with van der Waals surface area (Å²) in [7, 11) is 0. The van der Waals surface area contributed by atoms with Crippen molar-refractivity contribution in [3.05, 3.63) is 33.9 Å². The monoisotopic (exact) mass is 420 g/mol. The molecule has 10 heteroatoms. The van der Waals surface area contributed by atoms with Gasteiger partial charge in [-0.2, -0.15) is 0 Å². The molecule has 0 saturated heterocycles. The van der Waals surface area contributed by atoms with Gasteiger partial charge in [-0.3, -0.25) is 14.9 Å². The van der Waals surface area contributed by atoms with E-state index in [-0.39, 0.29) is 40.9 Å². The molecule has 1 amide bonds. The lowest BCUT2D eigenvalue weighted by Gasteiger charge is -2.08. The van der Waals surface area contributed by atoms with E-state index in [1.165, 1.54) is 13.8 Å². The first-order chi connectivity index (χ1) is 14.1. The Balaban J connectivity index is 2.16. The molecule has 2 aromatic rings. The third-order valence-electron chi connectivity index (χ3n) is 4.12. The Kier molecular flexibility index (Phi) is 7.14. The zero-order valence-corrected chi connectivity index (χ0v) is 17.7. The normalized spacial score (nSPS) is 10.8. The van der Waals surface area contributed by atoms with Crippen LogP contribution in [0, 0.1) is 13.8 Å². The molecule has 0 unspecified atom stereocenters. The number of carbonyl (C=O) groups is 4. The zero-order valence-electron chi connectivity index (χ0n) is 17.7. The molecule has 0 aromatic carbocycles. The largest absolute Gasteiger partial charge is 0.462 e. The Morgan fingerprint density at radius 1 is 1.03 bits per heavy atom. The van der Waals surface area contributed by atoms with Crippen LogP contribution in [0.15, 0.2) is 8.94 Å². The fourth-order valence-electron chi connectivity index (χ4n) is 2.85. The standard InChI is InChI=1S/C20H24N2O8/c1-7-27-20(26)16-15(11(5)23)12(6)29-18(16)21-13(24)8-28-19(25)14-10(4)22-30-17(14)9(2)3/h9H,7-8H2,1-6H3,(H,21,24). The second kappa shape index (κ2) is 9.38. The maximum absolute atomic E-state index is 12.4. The van der Waals surface area contributed by atoms with E-state index >= 15 is 0 Å². The molecule has 2 aromatic heterocycles. The lowest BCUT2D eigenvalue weighted by atomic mass is 10.1. The van der Waals surface area contributed by atoms with Gasteiger partial charge in [-0.15, -0.1) is 0 Å². The number of hydrogen-bond acceptors (Lipinski definition) is 9. The Hall–Kier alpha value is -3.43. The summed E-state index contributed by atoms with van der Waals surface area (Å²) in [6, 6.07) is 0. The van der Waals surface area contributed by atoms with Crippen LogP contribution < -0.4 is 5.32 Å². The van der Waals surface area contributed by atoms with Gasteiger partial charge in [-0.25, -0.2) is 9.59 Å². The first-order valence-electron chi connectivity index (χ1n) is 9.32. The van der Waals surface area contributed by atoms with E-state index in [0.717, 1.165) is 0 Å². The Labute approximate surface area is 172 Å². The van der Waals surface area contributed by atoms with Crippen LogP contribution >= 0.6 is 0 Å². The zero-order chi connectivity index (χ0) is 22.6. The van der Waals surface area contributed by atoms with Crippen molar-refractivity contribution in [3.63, 3.8) is 0 Å². The fourth-order valence-corrected chi connectivity index (χ4v) is 2.85. The van der Waals surface area contributed by atoms with Gasteiger partial charge < -0.3 is 18.4 Å². The summed E-state index contributed by atoms with van der Waals surface area (Å²) in [6.07, 6.45) is 0. The van der Waals surface area contributed by atoms with Crippen molar-refractivity contribution in [1.29, 1.82) is 0 Å². The lowest BCUT2D eigenvalue weighted by molar-refractivity contribution is -0.119. The highest BCUT2D eigenvalue weighted by Gasteiger charge is 2.29. The molecular formula is C20H24N2O8. The van der Waals surface area contributed by atoms with Crippen LogP contribution in [0.4, 0.5) is 5.88 Å². The number of anilines is 1. The molecule has 0 spiro atoms. The van der Waals surface area contributed by atoms with Crippen molar-refractivity contribution < 1.29 is 37.6 Å². The van der Waals surface area contributed by atoms with E-state index in [4.69, 9.17) is 18.4 Å². The smallest absolute Gasteiger partial charge is 0.344 e. The third-order valence-corrected chi connectivity index (χ3v) is 4.12. The van der Waals surface area contributed by atoms with Crippen molar-refractivity contribution >= 4 is 29.5 Å². The summed E-state index contributed by atoms with van der Waals surface area (Å²) in [5, 5.41) is 6.10. The van der Waals surface area contributed by atoms with Crippen molar-refractivity contribution in [2.45, 2.75) is 47.5 Å². The highest BCUT2D eigenvalue weighted by molar-refractivity contribution is 6.10. The van der Waals surface area contributed by atoms with E-state index in [1.54, 1.807) is 13.8 Å². The maximum atomic E-state index is 12.4. The number of aromatic nitrogens is 1. The highest BCUT2D eigenvalue weighted by atomic mass is 16.5. The molecule has 10 nitrogen and oxygen atoms in total. The van der Waals surface area contributed by atoms with E-state index in [1.807, 2.05) is 13.8 Å². The molecule has 30 heavy (non-hydrogen) atoms. The summed E-state index contributed by atoms with van der Waals surface area (Å²) in [6.45, 7) is 9.01. The number of nitrogens with one attached hydrogen (secondary N) is 1. The van der Waals surface area contributed by atoms with Gasteiger partial charge in [0.2, 0.25) is 5.88 Å². The van der Waals surface area contributed by atoms with E-state index in [9.17, 15) is 19.2 Å². The van der Waals surface area contributed by atoms with Crippen LogP contribution in [-0.2, 0) is 14.3 Å². The third kappa shape index (κ3) is 4.76. The molecule has 0 bridgehead atoms. The van der Waals surface area contributed by atoms with E-state index in [2.05, 4.69) is 10.5 Å². The van der Waals surface area contributed by atoms with Gasteiger partial charge in [0.15, 0.2) is 18.2 Å². The number of amides is 1. The molecule has 2 heterocycles. The minimum atomic E-state index is -0.812. The summed E-state index contributed by atoms with van der Waals surface area (Å²) >= 11 is 0. The SMILES string of the molecule is CCOC(=O)c1c(NC(=O)COC(=O)c2c(C)noc2C(C)C)oc(C)c1C(C)=O. The molecule has 0 aliphatic rings. The first-order valence-corrected chi connectivity index (χ1v) is 9.32. The average Bonchev–Trinajstić information content (AvgIpc) is 3.19. The molecule has 0 radical (unpaired) electrons. The molecular weight excluding hydrogens is 396 g/mol. The number of ether oxygens (including phenoxy) is 2. The number of ketones is 1. The minimum absolute atomic E-state index is 0.0161. The minimum Gasteiger partial charge on any atom is -0.462 e. The quantitative estimate of drug-likeness (QED) is 0.504. The first kappa shape index (κ1) is 22.9.